The highest BCUT2D eigenvalue weighted by Gasteiger charge is 2.27. The van der Waals surface area contributed by atoms with E-state index < -0.39 is 0 Å². The average Bonchev–Trinajstić information content (AvgIpc) is 2.91. The molecule has 0 saturated carbocycles. The summed E-state index contributed by atoms with van der Waals surface area (Å²) in [5, 5.41) is 2.14. The number of hydrogen-bond donors (Lipinski definition) is 1. The van der Waals surface area contributed by atoms with E-state index in [1.165, 1.54) is 22.8 Å². The molecule has 16 heavy (non-hydrogen) atoms. The Morgan fingerprint density at radius 2 is 2.50 bits per heavy atom. The lowest BCUT2D eigenvalue weighted by molar-refractivity contribution is 0.185. The van der Waals surface area contributed by atoms with Crippen molar-refractivity contribution in [2.45, 2.75) is 19.0 Å². The van der Waals surface area contributed by atoms with Crippen molar-refractivity contribution in [1.29, 1.82) is 0 Å². The van der Waals surface area contributed by atoms with Crippen molar-refractivity contribution in [3.8, 4) is 0 Å². The summed E-state index contributed by atoms with van der Waals surface area (Å²) in [7, 11) is 2.21. The van der Waals surface area contributed by atoms with E-state index in [0.29, 0.717) is 6.04 Å². The van der Waals surface area contributed by atoms with Crippen LogP contribution in [0.3, 0.4) is 0 Å². The van der Waals surface area contributed by atoms with Gasteiger partial charge in [-0.15, -0.1) is 11.3 Å². The van der Waals surface area contributed by atoms with Gasteiger partial charge in [-0.1, -0.05) is 6.07 Å². The van der Waals surface area contributed by atoms with E-state index in [1.54, 1.807) is 0 Å². The smallest absolute Gasteiger partial charge is 0.0328 e. The normalized spacial score (nSPS) is 22.8. The van der Waals surface area contributed by atoms with Gasteiger partial charge in [0.05, 0.1) is 0 Å². The SMILES string of the molecule is CN(Cc1cccs1)C(CN)C1CCSC1. The molecule has 2 rings (SSSR count). The van der Waals surface area contributed by atoms with Crippen LogP contribution in [0.2, 0.25) is 0 Å². The van der Waals surface area contributed by atoms with Crippen molar-refractivity contribution < 1.29 is 0 Å². The minimum absolute atomic E-state index is 0.553. The molecule has 1 fully saturated rings. The van der Waals surface area contributed by atoms with E-state index >= 15 is 0 Å². The lowest BCUT2D eigenvalue weighted by atomic mass is 9.98. The third kappa shape index (κ3) is 3.00. The molecule has 2 unspecified atom stereocenters. The van der Waals surface area contributed by atoms with E-state index in [1.807, 2.05) is 11.3 Å². The van der Waals surface area contributed by atoms with Crippen molar-refractivity contribution >= 4 is 23.1 Å². The molecule has 0 bridgehead atoms. The van der Waals surface area contributed by atoms with Gasteiger partial charge in [0, 0.05) is 24.0 Å². The van der Waals surface area contributed by atoms with Crippen molar-refractivity contribution in [2.24, 2.45) is 11.7 Å². The molecule has 1 aliphatic heterocycles. The first-order valence-corrected chi connectivity index (χ1v) is 7.85. The van der Waals surface area contributed by atoms with Gasteiger partial charge in [-0.05, 0) is 42.3 Å². The summed E-state index contributed by atoms with van der Waals surface area (Å²) >= 11 is 3.91. The van der Waals surface area contributed by atoms with Gasteiger partial charge in [0.1, 0.15) is 0 Å². The topological polar surface area (TPSA) is 29.3 Å². The number of thioether (sulfide) groups is 1. The maximum atomic E-state index is 5.93. The van der Waals surface area contributed by atoms with E-state index in [2.05, 4.69) is 41.2 Å². The molecule has 0 aromatic carbocycles. The Kier molecular flexibility index (Phi) is 4.70. The van der Waals surface area contributed by atoms with E-state index in [-0.39, 0.29) is 0 Å². The first-order valence-electron chi connectivity index (χ1n) is 5.81. The second kappa shape index (κ2) is 6.05. The maximum Gasteiger partial charge on any atom is 0.0328 e. The number of likely N-dealkylation sites (N-methyl/N-ethyl adjacent to an activating group) is 1. The molecule has 1 aromatic heterocycles. The first-order chi connectivity index (χ1) is 7.81. The van der Waals surface area contributed by atoms with Gasteiger partial charge >= 0.3 is 0 Å². The minimum atomic E-state index is 0.553. The van der Waals surface area contributed by atoms with Crippen LogP contribution in [-0.2, 0) is 6.54 Å². The van der Waals surface area contributed by atoms with E-state index in [0.717, 1.165) is 19.0 Å². The van der Waals surface area contributed by atoms with Crippen LogP contribution in [0.15, 0.2) is 17.5 Å². The summed E-state index contributed by atoms with van der Waals surface area (Å²) in [6.07, 6.45) is 1.33. The molecule has 1 aromatic rings. The standard InChI is InChI=1S/C12H20N2S2/c1-14(8-11-3-2-5-16-11)12(7-13)10-4-6-15-9-10/h2-3,5,10,12H,4,6-9,13H2,1H3. The highest BCUT2D eigenvalue weighted by Crippen LogP contribution is 2.28. The first kappa shape index (κ1) is 12.4. The Morgan fingerprint density at radius 1 is 1.62 bits per heavy atom. The van der Waals surface area contributed by atoms with Gasteiger partial charge in [-0.3, -0.25) is 4.90 Å². The fourth-order valence-electron chi connectivity index (χ4n) is 2.35. The summed E-state index contributed by atoms with van der Waals surface area (Å²) in [6, 6.07) is 4.88. The fraction of sp³-hybridized carbons (Fsp3) is 0.667. The molecule has 0 amide bonds. The molecule has 0 radical (unpaired) electrons. The number of rotatable bonds is 5. The lowest BCUT2D eigenvalue weighted by Gasteiger charge is -2.31. The van der Waals surface area contributed by atoms with E-state index in [9.17, 15) is 0 Å². The largest absolute Gasteiger partial charge is 0.329 e. The number of nitrogens with zero attached hydrogens (tertiary/aromatic N) is 1. The van der Waals surface area contributed by atoms with Crippen LogP contribution in [0.1, 0.15) is 11.3 Å². The zero-order valence-corrected chi connectivity index (χ0v) is 11.4. The molecule has 2 heterocycles. The van der Waals surface area contributed by atoms with Crippen molar-refractivity contribution in [2.75, 3.05) is 25.1 Å². The molecule has 2 N–H and O–H groups in total. The highest BCUT2D eigenvalue weighted by atomic mass is 32.2. The molecule has 2 atom stereocenters. The third-order valence-electron chi connectivity index (χ3n) is 3.30. The molecule has 0 aliphatic carbocycles. The molecule has 1 aliphatic rings. The zero-order valence-electron chi connectivity index (χ0n) is 9.76. The molecule has 4 heteroatoms. The monoisotopic (exact) mass is 256 g/mol. The van der Waals surface area contributed by atoms with Crippen LogP contribution in [0.25, 0.3) is 0 Å². The second-order valence-corrected chi connectivity index (χ2v) is 6.60. The maximum absolute atomic E-state index is 5.93. The fourth-order valence-corrected chi connectivity index (χ4v) is 4.45. The summed E-state index contributed by atoms with van der Waals surface area (Å²) < 4.78 is 0. The Balaban J connectivity index is 1.92. The summed E-state index contributed by atoms with van der Waals surface area (Å²) in [5.41, 5.74) is 5.93. The Labute approximate surface area is 106 Å². The Hall–Kier alpha value is -0.0300. The van der Waals surface area contributed by atoms with Gasteiger partial charge in [0.25, 0.3) is 0 Å². The lowest BCUT2D eigenvalue weighted by Crippen LogP contribution is -2.43. The molecule has 0 spiro atoms. The molecular weight excluding hydrogens is 236 g/mol. The predicted octanol–water partition coefficient (Wildman–Crippen LogP) is 2.26. The molecule has 1 saturated heterocycles. The van der Waals surface area contributed by atoms with Crippen LogP contribution in [0, 0.1) is 5.92 Å². The highest BCUT2D eigenvalue weighted by molar-refractivity contribution is 7.99. The average molecular weight is 256 g/mol. The van der Waals surface area contributed by atoms with Crippen LogP contribution in [-0.4, -0.2) is 36.0 Å². The summed E-state index contributed by atoms with van der Waals surface area (Å²) in [4.78, 5) is 3.87. The minimum Gasteiger partial charge on any atom is -0.329 e. The van der Waals surface area contributed by atoms with Gasteiger partial charge in [-0.2, -0.15) is 11.8 Å². The van der Waals surface area contributed by atoms with Crippen molar-refractivity contribution in [3.05, 3.63) is 22.4 Å². The second-order valence-electron chi connectivity index (χ2n) is 4.42. The summed E-state index contributed by atoms with van der Waals surface area (Å²) in [6.45, 7) is 1.83. The zero-order chi connectivity index (χ0) is 11.4. The van der Waals surface area contributed by atoms with E-state index in [4.69, 9.17) is 5.73 Å². The Bertz CT molecular complexity index is 294. The molecule has 90 valence electrons. The Morgan fingerprint density at radius 3 is 3.06 bits per heavy atom. The third-order valence-corrected chi connectivity index (χ3v) is 5.35. The van der Waals surface area contributed by atoms with Crippen molar-refractivity contribution in [3.63, 3.8) is 0 Å². The summed E-state index contributed by atoms with van der Waals surface area (Å²) in [5.74, 6) is 3.39. The number of hydrogen-bond acceptors (Lipinski definition) is 4. The van der Waals surface area contributed by atoms with Gasteiger partial charge in [-0.25, -0.2) is 0 Å². The van der Waals surface area contributed by atoms with Gasteiger partial charge in [0.15, 0.2) is 0 Å². The van der Waals surface area contributed by atoms with Crippen LogP contribution in [0.4, 0.5) is 0 Å². The predicted molar refractivity (Wildman–Crippen MR) is 74.1 cm³/mol. The van der Waals surface area contributed by atoms with Crippen molar-refractivity contribution in [1.82, 2.24) is 4.90 Å². The van der Waals surface area contributed by atoms with Crippen LogP contribution in [0.5, 0.6) is 0 Å². The van der Waals surface area contributed by atoms with Gasteiger partial charge in [0.2, 0.25) is 0 Å². The number of thiophene rings is 1. The van der Waals surface area contributed by atoms with Crippen LogP contribution >= 0.6 is 23.1 Å². The van der Waals surface area contributed by atoms with Gasteiger partial charge < -0.3 is 5.73 Å². The van der Waals surface area contributed by atoms with Crippen LogP contribution < -0.4 is 5.73 Å². The quantitative estimate of drug-likeness (QED) is 0.876. The molecule has 2 nitrogen and oxygen atoms in total. The molecular formula is C12H20N2S2. The number of nitrogens with two attached hydrogens (primary N) is 1.